The molecule has 184 valence electrons. The summed E-state index contributed by atoms with van der Waals surface area (Å²) in [6.45, 7) is -0.373. The fourth-order valence-electron chi connectivity index (χ4n) is 3.34. The number of aromatic nitrogens is 2. The van der Waals surface area contributed by atoms with E-state index < -0.39 is 23.5 Å². The zero-order chi connectivity index (χ0) is 26.0. The Morgan fingerprint density at radius 3 is 2.22 bits per heavy atom. The molecule has 0 bridgehead atoms. The summed E-state index contributed by atoms with van der Waals surface area (Å²) in [5.41, 5.74) is 0.826. The van der Waals surface area contributed by atoms with Gasteiger partial charge in [0.15, 0.2) is 0 Å². The van der Waals surface area contributed by atoms with Crippen molar-refractivity contribution in [3.8, 4) is 22.4 Å². The van der Waals surface area contributed by atoms with Crippen LogP contribution in [0.2, 0.25) is 15.1 Å². The first-order valence-electron chi connectivity index (χ1n) is 10.2. The highest BCUT2D eigenvalue weighted by atomic mass is 35.5. The third-order valence-corrected chi connectivity index (χ3v) is 5.95. The number of benzene rings is 3. The molecule has 4 aromatic rings. The molecule has 1 heterocycles. The molecule has 0 atom stereocenters. The molecule has 11 heteroatoms. The van der Waals surface area contributed by atoms with Crippen LogP contribution in [0.3, 0.4) is 0 Å². The van der Waals surface area contributed by atoms with E-state index in [-0.39, 0.29) is 23.0 Å². The van der Waals surface area contributed by atoms with Gasteiger partial charge in [-0.2, -0.15) is 13.2 Å². The molecule has 36 heavy (non-hydrogen) atoms. The second-order valence-electron chi connectivity index (χ2n) is 7.57. The lowest BCUT2D eigenvalue weighted by atomic mass is 10.0. The van der Waals surface area contributed by atoms with E-state index in [0.717, 1.165) is 12.1 Å². The van der Waals surface area contributed by atoms with Gasteiger partial charge in [-0.05, 0) is 48.0 Å². The molecule has 0 aliphatic rings. The highest BCUT2D eigenvalue weighted by Crippen LogP contribution is 2.36. The number of hydrogen-bond acceptors (Lipinski definition) is 3. The second-order valence-corrected chi connectivity index (χ2v) is 8.85. The number of halogens is 7. The maximum absolute atomic E-state index is 14.1. The SMILES string of the molecule is O=C(NCc1ccc(C(F)(F)F)cc1F)c1ncc(-c2ccc(Cl)cc2)c(-c2ccc(Cl)cc2Cl)n1. The Kier molecular flexibility index (Phi) is 7.49. The van der Waals surface area contributed by atoms with Crippen molar-refractivity contribution in [2.75, 3.05) is 0 Å². The van der Waals surface area contributed by atoms with Gasteiger partial charge in [-0.3, -0.25) is 4.79 Å². The van der Waals surface area contributed by atoms with Crippen LogP contribution in [0.25, 0.3) is 22.4 Å². The van der Waals surface area contributed by atoms with E-state index in [9.17, 15) is 22.4 Å². The Balaban J connectivity index is 1.66. The normalized spacial score (nSPS) is 11.4. The van der Waals surface area contributed by atoms with Crippen LogP contribution in [0.15, 0.2) is 66.9 Å². The fraction of sp³-hybridized carbons (Fsp3) is 0.0800. The number of hydrogen-bond donors (Lipinski definition) is 1. The van der Waals surface area contributed by atoms with Crippen LogP contribution in [0.4, 0.5) is 17.6 Å². The van der Waals surface area contributed by atoms with Crippen molar-refractivity contribution in [1.82, 2.24) is 15.3 Å². The van der Waals surface area contributed by atoms with E-state index in [1.165, 1.54) is 12.3 Å². The zero-order valence-corrected chi connectivity index (χ0v) is 20.3. The molecule has 4 nitrogen and oxygen atoms in total. The van der Waals surface area contributed by atoms with Crippen molar-refractivity contribution in [3.05, 3.63) is 105 Å². The van der Waals surface area contributed by atoms with Gasteiger partial charge in [0.25, 0.3) is 5.91 Å². The van der Waals surface area contributed by atoms with Gasteiger partial charge in [-0.15, -0.1) is 0 Å². The number of amides is 1. The predicted molar refractivity (Wildman–Crippen MR) is 131 cm³/mol. The molecule has 0 saturated carbocycles. The largest absolute Gasteiger partial charge is 0.416 e. The van der Waals surface area contributed by atoms with Gasteiger partial charge >= 0.3 is 6.18 Å². The summed E-state index contributed by atoms with van der Waals surface area (Å²) in [6, 6.07) is 13.7. The molecule has 0 saturated heterocycles. The minimum atomic E-state index is -4.68. The van der Waals surface area contributed by atoms with E-state index in [4.69, 9.17) is 34.8 Å². The number of carbonyl (C=O) groups is 1. The summed E-state index contributed by atoms with van der Waals surface area (Å²) < 4.78 is 52.4. The molecule has 0 radical (unpaired) electrons. The maximum atomic E-state index is 14.1. The van der Waals surface area contributed by atoms with Crippen LogP contribution in [0, 0.1) is 5.82 Å². The molecule has 0 unspecified atom stereocenters. The average Bonchev–Trinajstić information content (AvgIpc) is 2.83. The first-order chi connectivity index (χ1) is 17.0. The number of nitrogens with one attached hydrogen (secondary N) is 1. The molecular weight excluding hydrogens is 541 g/mol. The van der Waals surface area contributed by atoms with Gasteiger partial charge < -0.3 is 5.32 Å². The maximum Gasteiger partial charge on any atom is 0.416 e. The van der Waals surface area contributed by atoms with Crippen molar-refractivity contribution < 1.29 is 22.4 Å². The highest BCUT2D eigenvalue weighted by Gasteiger charge is 2.31. The quantitative estimate of drug-likeness (QED) is 0.256. The summed E-state index contributed by atoms with van der Waals surface area (Å²) in [5.74, 6) is -2.11. The van der Waals surface area contributed by atoms with Gasteiger partial charge in [0.05, 0.1) is 16.3 Å². The summed E-state index contributed by atoms with van der Waals surface area (Å²) >= 11 is 18.4. The van der Waals surface area contributed by atoms with Crippen LogP contribution >= 0.6 is 34.8 Å². The predicted octanol–water partition coefficient (Wildman–Crippen LogP) is 7.86. The second kappa shape index (κ2) is 10.4. The Hall–Kier alpha value is -3.20. The van der Waals surface area contributed by atoms with Crippen molar-refractivity contribution in [1.29, 1.82) is 0 Å². The molecule has 0 spiro atoms. The van der Waals surface area contributed by atoms with Gasteiger partial charge in [-0.25, -0.2) is 14.4 Å². The number of alkyl halides is 3. The lowest BCUT2D eigenvalue weighted by Crippen LogP contribution is -2.25. The van der Waals surface area contributed by atoms with Crippen LogP contribution in [-0.2, 0) is 12.7 Å². The van der Waals surface area contributed by atoms with Gasteiger partial charge in [0.2, 0.25) is 5.82 Å². The van der Waals surface area contributed by atoms with Crippen LogP contribution in [-0.4, -0.2) is 15.9 Å². The van der Waals surface area contributed by atoms with Crippen molar-refractivity contribution in [3.63, 3.8) is 0 Å². The molecule has 4 rings (SSSR count). The molecule has 0 aliphatic heterocycles. The molecule has 1 N–H and O–H groups in total. The first-order valence-corrected chi connectivity index (χ1v) is 11.4. The van der Waals surface area contributed by atoms with Gasteiger partial charge in [-0.1, -0.05) is 53.0 Å². The molecule has 0 fully saturated rings. The summed E-state index contributed by atoms with van der Waals surface area (Å²) in [7, 11) is 0. The van der Waals surface area contributed by atoms with Crippen molar-refractivity contribution >= 4 is 40.7 Å². The zero-order valence-electron chi connectivity index (χ0n) is 18.0. The van der Waals surface area contributed by atoms with Crippen LogP contribution in [0.5, 0.6) is 0 Å². The number of carbonyl (C=O) groups excluding carboxylic acids is 1. The standard InChI is InChI=1S/C25H14Cl3F4N3O/c26-16-5-2-13(3-6-16)19-12-33-23(35-22(19)18-8-7-17(27)10-20(18)28)24(36)34-11-14-1-4-15(9-21(14)29)25(30,31)32/h1-10,12H,11H2,(H,34,36). The van der Waals surface area contributed by atoms with E-state index in [1.54, 1.807) is 36.4 Å². The van der Waals surface area contributed by atoms with Gasteiger partial charge in [0, 0.05) is 39.5 Å². The minimum absolute atomic E-state index is 0.130. The monoisotopic (exact) mass is 553 g/mol. The summed E-state index contributed by atoms with van der Waals surface area (Å²) in [6.07, 6.45) is -3.24. The topological polar surface area (TPSA) is 54.9 Å². The van der Waals surface area contributed by atoms with Crippen LogP contribution < -0.4 is 5.32 Å². The van der Waals surface area contributed by atoms with E-state index in [2.05, 4.69) is 15.3 Å². The third-order valence-electron chi connectivity index (χ3n) is 5.15. The van der Waals surface area contributed by atoms with Crippen molar-refractivity contribution in [2.45, 2.75) is 12.7 Å². The molecule has 1 aromatic heterocycles. The summed E-state index contributed by atoms with van der Waals surface area (Å²) in [4.78, 5) is 21.3. The lowest BCUT2D eigenvalue weighted by molar-refractivity contribution is -0.137. The molecular formula is C25H14Cl3F4N3O. The smallest absolute Gasteiger partial charge is 0.345 e. The highest BCUT2D eigenvalue weighted by molar-refractivity contribution is 6.36. The Labute approximate surface area is 217 Å². The Morgan fingerprint density at radius 1 is 0.889 bits per heavy atom. The lowest BCUT2D eigenvalue weighted by Gasteiger charge is -2.13. The van der Waals surface area contributed by atoms with E-state index in [0.29, 0.717) is 38.5 Å². The average molecular weight is 555 g/mol. The number of nitrogens with zero attached hydrogens (tertiary/aromatic N) is 2. The van der Waals surface area contributed by atoms with Crippen LogP contribution in [0.1, 0.15) is 21.7 Å². The fourth-order valence-corrected chi connectivity index (χ4v) is 3.96. The molecule has 1 amide bonds. The first kappa shape index (κ1) is 25.9. The summed E-state index contributed by atoms with van der Waals surface area (Å²) in [5, 5.41) is 3.64. The number of rotatable bonds is 5. The molecule has 0 aliphatic carbocycles. The van der Waals surface area contributed by atoms with Gasteiger partial charge in [0.1, 0.15) is 5.82 Å². The van der Waals surface area contributed by atoms with E-state index in [1.807, 2.05) is 0 Å². The molecule has 3 aromatic carbocycles. The van der Waals surface area contributed by atoms with Crippen molar-refractivity contribution in [2.24, 2.45) is 0 Å². The Morgan fingerprint density at radius 2 is 1.58 bits per heavy atom. The third kappa shape index (κ3) is 5.78. The minimum Gasteiger partial charge on any atom is -0.345 e. The Bertz CT molecular complexity index is 1440. The van der Waals surface area contributed by atoms with E-state index >= 15 is 0 Å².